The highest BCUT2D eigenvalue weighted by Gasteiger charge is 2.32. The molecular weight excluding hydrogens is 467 g/mol. The summed E-state index contributed by atoms with van der Waals surface area (Å²) in [7, 11) is 1.39. The maximum absolute atomic E-state index is 13.0. The first kappa shape index (κ1) is 20.8. The number of piperazine rings is 1. The summed E-state index contributed by atoms with van der Waals surface area (Å²) < 4.78 is 5.74. The van der Waals surface area contributed by atoms with Gasteiger partial charge in [-0.05, 0) is 66.3 Å². The molecule has 6 heteroatoms. The van der Waals surface area contributed by atoms with Crippen LogP contribution in [0, 0.1) is 3.57 Å². The molecule has 2 atom stereocenters. The van der Waals surface area contributed by atoms with E-state index in [-0.39, 0.29) is 24.0 Å². The van der Waals surface area contributed by atoms with Gasteiger partial charge in [0.25, 0.3) is 5.91 Å². The van der Waals surface area contributed by atoms with Crippen molar-refractivity contribution in [3.63, 3.8) is 0 Å². The molecule has 3 rings (SSSR count). The number of halogens is 1. The molecule has 5 nitrogen and oxygen atoms in total. The van der Waals surface area contributed by atoms with E-state index < -0.39 is 0 Å². The minimum atomic E-state index is -0.323. The van der Waals surface area contributed by atoms with Gasteiger partial charge >= 0.3 is 5.97 Å². The lowest BCUT2D eigenvalue weighted by Gasteiger charge is -2.44. The Morgan fingerprint density at radius 2 is 1.64 bits per heavy atom. The van der Waals surface area contributed by atoms with Crippen LogP contribution in [0.4, 0.5) is 0 Å². The Bertz CT molecular complexity index is 841. The van der Waals surface area contributed by atoms with Gasteiger partial charge in [0, 0.05) is 35.3 Å². The highest BCUT2D eigenvalue weighted by atomic mass is 127. The van der Waals surface area contributed by atoms with E-state index >= 15 is 0 Å². The van der Waals surface area contributed by atoms with Crippen molar-refractivity contribution in [2.45, 2.75) is 32.5 Å². The Morgan fingerprint density at radius 3 is 2.21 bits per heavy atom. The van der Waals surface area contributed by atoms with Crippen molar-refractivity contribution in [2.75, 3.05) is 20.2 Å². The Balaban J connectivity index is 1.67. The van der Waals surface area contributed by atoms with Crippen LogP contribution >= 0.6 is 22.6 Å². The third-order valence-corrected chi connectivity index (χ3v) is 6.17. The largest absolute Gasteiger partial charge is 0.465 e. The van der Waals surface area contributed by atoms with Crippen LogP contribution in [0.2, 0.25) is 0 Å². The smallest absolute Gasteiger partial charge is 0.337 e. The summed E-state index contributed by atoms with van der Waals surface area (Å²) >= 11 is 2.22. The highest BCUT2D eigenvalue weighted by molar-refractivity contribution is 14.1. The van der Waals surface area contributed by atoms with Crippen molar-refractivity contribution in [1.29, 1.82) is 0 Å². The predicted octanol–water partition coefficient (Wildman–Crippen LogP) is 3.81. The highest BCUT2D eigenvalue weighted by Crippen LogP contribution is 2.22. The average molecular weight is 492 g/mol. The quantitative estimate of drug-likeness (QED) is 0.481. The van der Waals surface area contributed by atoms with Crippen LogP contribution in [0.1, 0.15) is 40.1 Å². The van der Waals surface area contributed by atoms with Gasteiger partial charge in [0.05, 0.1) is 18.2 Å². The lowest BCUT2D eigenvalue weighted by Crippen LogP contribution is -2.57. The molecule has 1 aliphatic rings. The lowest BCUT2D eigenvalue weighted by molar-refractivity contribution is 0.0269. The molecule has 0 spiro atoms. The maximum atomic E-state index is 13.0. The number of rotatable bonds is 4. The molecule has 0 aromatic heterocycles. The molecule has 28 heavy (non-hydrogen) atoms. The van der Waals surface area contributed by atoms with Crippen molar-refractivity contribution in [3.05, 3.63) is 68.8 Å². The van der Waals surface area contributed by atoms with Crippen molar-refractivity contribution in [1.82, 2.24) is 9.80 Å². The van der Waals surface area contributed by atoms with Crippen LogP contribution in [0.25, 0.3) is 0 Å². The SMILES string of the molecule is COC(=O)c1ccc(CN2[C@H](C)CN(C(=O)c3ccccc3I)C[C@@H]2C)cc1. The topological polar surface area (TPSA) is 49.9 Å². The van der Waals surface area contributed by atoms with E-state index in [9.17, 15) is 9.59 Å². The van der Waals surface area contributed by atoms with Crippen LogP contribution in [0.3, 0.4) is 0 Å². The van der Waals surface area contributed by atoms with Gasteiger partial charge in [-0.25, -0.2) is 4.79 Å². The zero-order valence-electron chi connectivity index (χ0n) is 16.4. The van der Waals surface area contributed by atoms with Crippen LogP contribution in [-0.2, 0) is 11.3 Å². The minimum Gasteiger partial charge on any atom is -0.465 e. The molecule has 1 amide bonds. The fraction of sp³-hybridized carbons (Fsp3) is 0.364. The molecule has 0 radical (unpaired) electrons. The Hall–Kier alpha value is -1.93. The van der Waals surface area contributed by atoms with Gasteiger partial charge in [0.15, 0.2) is 0 Å². The predicted molar refractivity (Wildman–Crippen MR) is 117 cm³/mol. The summed E-state index contributed by atoms with van der Waals surface area (Å²) in [6, 6.07) is 15.8. The fourth-order valence-electron chi connectivity index (χ4n) is 3.71. The number of nitrogens with zero attached hydrogens (tertiary/aromatic N) is 2. The standard InChI is InChI=1S/C22H25IN2O3/c1-15-12-24(21(26)19-6-4-5-7-20(19)23)13-16(2)25(15)14-17-8-10-18(11-9-17)22(27)28-3/h4-11,15-16H,12-14H2,1-3H3/t15-,16+. The Labute approximate surface area is 179 Å². The Morgan fingerprint density at radius 1 is 1.04 bits per heavy atom. The second kappa shape index (κ2) is 9.05. The number of ether oxygens (including phenoxy) is 1. The van der Waals surface area contributed by atoms with Crippen LogP contribution < -0.4 is 0 Å². The first-order valence-electron chi connectivity index (χ1n) is 9.37. The van der Waals surface area contributed by atoms with Gasteiger partial charge in [-0.15, -0.1) is 0 Å². The Kier molecular flexibility index (Phi) is 6.72. The monoisotopic (exact) mass is 492 g/mol. The number of amides is 1. The number of esters is 1. The van der Waals surface area contributed by atoms with Gasteiger partial charge in [-0.1, -0.05) is 24.3 Å². The molecule has 2 aromatic carbocycles. The molecule has 1 aliphatic heterocycles. The fourth-order valence-corrected chi connectivity index (χ4v) is 4.33. The number of benzene rings is 2. The lowest BCUT2D eigenvalue weighted by atomic mass is 10.0. The molecule has 0 bridgehead atoms. The van der Waals surface area contributed by atoms with Gasteiger partial charge in [0.2, 0.25) is 0 Å². The molecule has 1 saturated heterocycles. The summed E-state index contributed by atoms with van der Waals surface area (Å²) in [5.74, 6) is -0.221. The molecular formula is C22H25IN2O3. The zero-order chi connectivity index (χ0) is 20.3. The van der Waals surface area contributed by atoms with E-state index in [4.69, 9.17) is 4.74 Å². The molecule has 2 aromatic rings. The van der Waals surface area contributed by atoms with E-state index in [1.54, 1.807) is 12.1 Å². The molecule has 0 unspecified atom stereocenters. The molecule has 1 fully saturated rings. The van der Waals surface area contributed by atoms with Gasteiger partial charge in [0.1, 0.15) is 0 Å². The third kappa shape index (κ3) is 4.55. The molecule has 1 heterocycles. The van der Waals surface area contributed by atoms with Gasteiger partial charge < -0.3 is 9.64 Å². The molecule has 0 N–H and O–H groups in total. The van der Waals surface area contributed by atoms with Gasteiger partial charge in [-0.3, -0.25) is 9.69 Å². The second-order valence-corrected chi connectivity index (χ2v) is 8.41. The van der Waals surface area contributed by atoms with E-state index in [0.717, 1.165) is 21.2 Å². The van der Waals surface area contributed by atoms with Gasteiger partial charge in [-0.2, -0.15) is 0 Å². The second-order valence-electron chi connectivity index (χ2n) is 7.25. The number of hydrogen-bond acceptors (Lipinski definition) is 4. The maximum Gasteiger partial charge on any atom is 0.337 e. The van der Waals surface area contributed by atoms with Crippen molar-refractivity contribution in [3.8, 4) is 0 Å². The summed E-state index contributed by atoms with van der Waals surface area (Å²) in [5.41, 5.74) is 2.47. The average Bonchev–Trinajstić information content (AvgIpc) is 2.70. The van der Waals surface area contributed by atoms with Crippen LogP contribution in [-0.4, -0.2) is 54.0 Å². The van der Waals surface area contributed by atoms with Crippen molar-refractivity contribution >= 4 is 34.5 Å². The first-order valence-corrected chi connectivity index (χ1v) is 10.5. The molecule has 0 saturated carbocycles. The summed E-state index contributed by atoms with van der Waals surface area (Å²) in [5, 5.41) is 0. The number of carbonyl (C=O) groups is 2. The zero-order valence-corrected chi connectivity index (χ0v) is 18.5. The van der Waals surface area contributed by atoms with E-state index in [0.29, 0.717) is 18.7 Å². The van der Waals surface area contributed by atoms with Crippen LogP contribution in [0.5, 0.6) is 0 Å². The van der Waals surface area contributed by atoms with E-state index in [2.05, 4.69) is 41.3 Å². The molecule has 0 aliphatic carbocycles. The summed E-state index contributed by atoms with van der Waals surface area (Å²) in [6.07, 6.45) is 0. The summed E-state index contributed by atoms with van der Waals surface area (Å²) in [4.78, 5) is 28.9. The number of hydrogen-bond donors (Lipinski definition) is 0. The van der Waals surface area contributed by atoms with E-state index in [1.807, 2.05) is 41.3 Å². The first-order chi connectivity index (χ1) is 13.4. The van der Waals surface area contributed by atoms with Crippen LogP contribution in [0.15, 0.2) is 48.5 Å². The van der Waals surface area contributed by atoms with E-state index in [1.165, 1.54) is 7.11 Å². The van der Waals surface area contributed by atoms with Crippen molar-refractivity contribution < 1.29 is 14.3 Å². The number of methoxy groups -OCH3 is 1. The third-order valence-electron chi connectivity index (χ3n) is 5.23. The molecule has 148 valence electrons. The van der Waals surface area contributed by atoms with Crippen molar-refractivity contribution in [2.24, 2.45) is 0 Å². The minimum absolute atomic E-state index is 0.103. The number of carbonyl (C=O) groups excluding carboxylic acids is 2. The summed E-state index contributed by atoms with van der Waals surface area (Å²) in [6.45, 7) is 6.51. The normalized spacial score (nSPS) is 20.1.